The summed E-state index contributed by atoms with van der Waals surface area (Å²) >= 11 is 0. The van der Waals surface area contributed by atoms with Gasteiger partial charge in [0.1, 0.15) is 11.6 Å². The monoisotopic (exact) mass is 477 g/mol. The third-order valence-electron chi connectivity index (χ3n) is 7.57. The predicted molar refractivity (Wildman–Crippen MR) is 135 cm³/mol. The van der Waals surface area contributed by atoms with Gasteiger partial charge in [0, 0.05) is 48.9 Å². The average molecular weight is 478 g/mol. The first-order chi connectivity index (χ1) is 16.8. The molecular formula is C27H35N5O3. The Hall–Kier alpha value is -3.13. The number of aryl methyl sites for hydroxylation is 3. The number of nitrogens with zero attached hydrogens (tertiary/aromatic N) is 5. The molecule has 1 aromatic carbocycles. The molecule has 5 rings (SSSR count). The molecular weight excluding hydrogens is 442 g/mol. The van der Waals surface area contributed by atoms with Crippen LogP contribution in [0.15, 0.2) is 24.4 Å². The van der Waals surface area contributed by atoms with E-state index < -0.39 is 0 Å². The largest absolute Gasteiger partial charge is 0.496 e. The highest BCUT2D eigenvalue weighted by atomic mass is 16.5. The summed E-state index contributed by atoms with van der Waals surface area (Å²) in [7, 11) is 1.65. The molecule has 3 atom stereocenters. The van der Waals surface area contributed by atoms with Gasteiger partial charge in [-0.2, -0.15) is 5.10 Å². The number of benzene rings is 1. The second-order valence-electron chi connectivity index (χ2n) is 10.2. The number of hydrogen-bond acceptors (Lipinski definition) is 6. The number of anilines is 1. The average Bonchev–Trinajstić information content (AvgIpc) is 3.41. The van der Waals surface area contributed by atoms with E-state index in [4.69, 9.17) is 14.8 Å². The number of fused-ring (bicyclic) bond motifs is 1. The summed E-state index contributed by atoms with van der Waals surface area (Å²) in [5.41, 5.74) is 5.26. The minimum atomic E-state index is -0.334. The molecule has 8 nitrogen and oxygen atoms in total. The molecule has 4 heterocycles. The van der Waals surface area contributed by atoms with Gasteiger partial charge in [-0.25, -0.2) is 9.50 Å². The van der Waals surface area contributed by atoms with Crippen molar-refractivity contribution in [3.8, 4) is 5.75 Å². The van der Waals surface area contributed by atoms with Gasteiger partial charge < -0.3 is 19.6 Å². The van der Waals surface area contributed by atoms with Gasteiger partial charge in [0.05, 0.1) is 24.9 Å². The van der Waals surface area contributed by atoms with E-state index in [2.05, 4.69) is 11.8 Å². The zero-order chi connectivity index (χ0) is 24.9. The van der Waals surface area contributed by atoms with E-state index in [0.717, 1.165) is 71.0 Å². The SMILES string of the molecule is COc1cc(C)c(C(=O)N2CCCC[C@H]2c2cc3nc(N4C[C@@H](C)[C@@H](O)C4)c(C)cn3n2)cc1C. The van der Waals surface area contributed by atoms with Crippen LogP contribution in [0.3, 0.4) is 0 Å². The van der Waals surface area contributed by atoms with Crippen LogP contribution in [-0.4, -0.2) is 63.4 Å². The molecule has 186 valence electrons. The number of carbonyl (C=O) groups excluding carboxylic acids is 1. The lowest BCUT2D eigenvalue weighted by molar-refractivity contribution is 0.0605. The maximum Gasteiger partial charge on any atom is 0.254 e. The number of aliphatic hydroxyl groups is 1. The fourth-order valence-electron chi connectivity index (χ4n) is 5.50. The minimum absolute atomic E-state index is 0.0416. The zero-order valence-electron chi connectivity index (χ0n) is 21.3. The van der Waals surface area contributed by atoms with Crippen molar-refractivity contribution in [3.05, 3.63) is 52.3 Å². The highest BCUT2D eigenvalue weighted by molar-refractivity contribution is 5.96. The molecule has 1 amide bonds. The van der Waals surface area contributed by atoms with E-state index >= 15 is 0 Å². The first-order valence-corrected chi connectivity index (χ1v) is 12.5. The smallest absolute Gasteiger partial charge is 0.254 e. The van der Waals surface area contributed by atoms with Gasteiger partial charge in [-0.3, -0.25) is 4.79 Å². The van der Waals surface area contributed by atoms with Crippen molar-refractivity contribution < 1.29 is 14.6 Å². The fourth-order valence-corrected chi connectivity index (χ4v) is 5.50. The molecule has 1 N–H and O–H groups in total. The summed E-state index contributed by atoms with van der Waals surface area (Å²) in [5.74, 6) is 1.96. The van der Waals surface area contributed by atoms with Crippen molar-refractivity contribution in [2.24, 2.45) is 5.92 Å². The Morgan fingerprint density at radius 2 is 1.89 bits per heavy atom. The number of methoxy groups -OCH3 is 1. The molecule has 0 unspecified atom stereocenters. The van der Waals surface area contributed by atoms with Crippen molar-refractivity contribution in [2.75, 3.05) is 31.6 Å². The number of likely N-dealkylation sites (tertiary alicyclic amines) is 1. The van der Waals surface area contributed by atoms with Crippen molar-refractivity contribution in [1.29, 1.82) is 0 Å². The molecule has 2 aliphatic rings. The number of rotatable bonds is 4. The van der Waals surface area contributed by atoms with Crippen LogP contribution in [0.4, 0.5) is 5.82 Å². The van der Waals surface area contributed by atoms with Gasteiger partial charge in [-0.1, -0.05) is 6.92 Å². The molecule has 0 aliphatic carbocycles. The van der Waals surface area contributed by atoms with E-state index in [1.54, 1.807) is 7.11 Å². The van der Waals surface area contributed by atoms with Crippen LogP contribution < -0.4 is 9.64 Å². The van der Waals surface area contributed by atoms with Gasteiger partial charge in [-0.05, 0) is 63.3 Å². The van der Waals surface area contributed by atoms with Crippen molar-refractivity contribution in [2.45, 2.75) is 59.1 Å². The van der Waals surface area contributed by atoms with Crippen LogP contribution >= 0.6 is 0 Å². The van der Waals surface area contributed by atoms with E-state index in [9.17, 15) is 9.90 Å². The number of β-amino-alcohol motifs (C(OH)–C–C–N with tert-alkyl or cyclic N) is 1. The van der Waals surface area contributed by atoms with Gasteiger partial charge in [0.15, 0.2) is 5.65 Å². The van der Waals surface area contributed by atoms with Gasteiger partial charge >= 0.3 is 0 Å². The summed E-state index contributed by atoms with van der Waals surface area (Å²) in [6.45, 7) is 10.1. The Labute approximate surface area is 206 Å². The quantitative estimate of drug-likeness (QED) is 0.615. The van der Waals surface area contributed by atoms with Crippen LogP contribution in [-0.2, 0) is 0 Å². The molecule has 2 fully saturated rings. The van der Waals surface area contributed by atoms with Crippen LogP contribution in [0.1, 0.15) is 65.0 Å². The topological polar surface area (TPSA) is 83.2 Å². The predicted octanol–water partition coefficient (Wildman–Crippen LogP) is 3.85. The summed E-state index contributed by atoms with van der Waals surface area (Å²) in [6, 6.07) is 5.81. The van der Waals surface area contributed by atoms with Crippen molar-refractivity contribution in [1.82, 2.24) is 19.5 Å². The van der Waals surface area contributed by atoms with E-state index in [1.165, 1.54) is 0 Å². The highest BCUT2D eigenvalue weighted by Gasteiger charge is 2.33. The third-order valence-corrected chi connectivity index (χ3v) is 7.57. The number of ether oxygens (including phenoxy) is 1. The Morgan fingerprint density at radius 3 is 2.60 bits per heavy atom. The first-order valence-electron chi connectivity index (χ1n) is 12.5. The molecule has 2 aliphatic heterocycles. The Kier molecular flexibility index (Phi) is 6.17. The van der Waals surface area contributed by atoms with Gasteiger partial charge in [0.2, 0.25) is 0 Å². The summed E-state index contributed by atoms with van der Waals surface area (Å²) < 4.78 is 7.26. The number of hydrogen-bond donors (Lipinski definition) is 1. The molecule has 3 aromatic rings. The highest BCUT2D eigenvalue weighted by Crippen LogP contribution is 2.34. The van der Waals surface area contributed by atoms with Crippen molar-refractivity contribution in [3.63, 3.8) is 0 Å². The summed E-state index contributed by atoms with van der Waals surface area (Å²) in [5, 5.41) is 15.1. The molecule has 0 spiro atoms. The second-order valence-corrected chi connectivity index (χ2v) is 10.2. The normalized spacial score (nSPS) is 22.7. The standard InChI is InChI=1S/C27H35N5O3/c1-16-11-24(35-5)17(2)10-20(16)27(34)31-9-7-6-8-22(31)21-12-25-28-26(19(4)14-32(25)29-21)30-13-18(3)23(33)15-30/h10-12,14,18,22-23,33H,6-9,13,15H2,1-5H3/t18-,22+,23+/m1/s1. The van der Waals surface area contributed by atoms with Crippen LogP contribution in [0.5, 0.6) is 5.75 Å². The second kappa shape index (κ2) is 9.15. The maximum absolute atomic E-state index is 13.7. The third kappa shape index (κ3) is 4.24. The molecule has 2 aromatic heterocycles. The first kappa shape index (κ1) is 23.6. The maximum atomic E-state index is 13.7. The fraction of sp³-hybridized carbons (Fsp3) is 0.519. The summed E-state index contributed by atoms with van der Waals surface area (Å²) in [6.07, 6.45) is 4.60. The zero-order valence-corrected chi connectivity index (χ0v) is 21.3. The number of aliphatic hydroxyl groups excluding tert-OH is 1. The molecule has 2 saturated heterocycles. The number of aromatic nitrogens is 3. The summed E-state index contributed by atoms with van der Waals surface area (Å²) in [4.78, 5) is 22.8. The Balaban J connectivity index is 1.47. The van der Waals surface area contributed by atoms with Crippen LogP contribution in [0.25, 0.3) is 5.65 Å². The lowest BCUT2D eigenvalue weighted by atomic mass is 9.96. The molecule has 0 radical (unpaired) electrons. The number of amides is 1. The van der Waals surface area contributed by atoms with Crippen LogP contribution in [0, 0.1) is 26.7 Å². The number of piperidine rings is 1. The van der Waals surface area contributed by atoms with E-state index in [1.807, 2.05) is 54.6 Å². The molecule has 0 bridgehead atoms. The van der Waals surface area contributed by atoms with E-state index in [0.29, 0.717) is 13.1 Å². The molecule has 35 heavy (non-hydrogen) atoms. The van der Waals surface area contributed by atoms with Gasteiger partial charge in [-0.15, -0.1) is 0 Å². The number of carbonyl (C=O) groups is 1. The van der Waals surface area contributed by atoms with E-state index in [-0.39, 0.29) is 24.0 Å². The minimum Gasteiger partial charge on any atom is -0.496 e. The van der Waals surface area contributed by atoms with Crippen LogP contribution in [0.2, 0.25) is 0 Å². The molecule has 8 heteroatoms. The lowest BCUT2D eigenvalue weighted by Gasteiger charge is -2.35. The lowest BCUT2D eigenvalue weighted by Crippen LogP contribution is -2.39. The van der Waals surface area contributed by atoms with Gasteiger partial charge in [0.25, 0.3) is 5.91 Å². The Bertz CT molecular complexity index is 1260. The Morgan fingerprint density at radius 1 is 1.09 bits per heavy atom. The van der Waals surface area contributed by atoms with Crippen molar-refractivity contribution >= 4 is 17.4 Å². The molecule has 0 saturated carbocycles.